The molecular formula is C16H30N2O. The van der Waals surface area contributed by atoms with Gasteiger partial charge in [-0.2, -0.15) is 0 Å². The van der Waals surface area contributed by atoms with Crippen LogP contribution in [-0.2, 0) is 4.79 Å². The highest BCUT2D eigenvalue weighted by molar-refractivity contribution is 5.76. The molecular weight excluding hydrogens is 236 g/mol. The third kappa shape index (κ3) is 3.95. The fourth-order valence-electron chi connectivity index (χ4n) is 4.07. The number of rotatable bonds is 4. The van der Waals surface area contributed by atoms with Crippen LogP contribution in [0.5, 0.6) is 0 Å². The van der Waals surface area contributed by atoms with E-state index in [0.29, 0.717) is 19.0 Å². The second-order valence-corrected chi connectivity index (χ2v) is 6.51. The van der Waals surface area contributed by atoms with Gasteiger partial charge in [0.05, 0.1) is 0 Å². The molecule has 0 aromatic carbocycles. The molecule has 0 radical (unpaired) electrons. The lowest BCUT2D eigenvalue weighted by Crippen LogP contribution is -2.41. The molecule has 2 aliphatic rings. The van der Waals surface area contributed by atoms with Gasteiger partial charge >= 0.3 is 0 Å². The van der Waals surface area contributed by atoms with Crippen LogP contribution >= 0.6 is 0 Å². The minimum Gasteiger partial charge on any atom is -0.343 e. The van der Waals surface area contributed by atoms with Gasteiger partial charge in [0.15, 0.2) is 0 Å². The lowest BCUT2D eigenvalue weighted by atomic mass is 9.72. The van der Waals surface area contributed by atoms with Crippen molar-refractivity contribution in [2.24, 2.45) is 17.6 Å². The van der Waals surface area contributed by atoms with Crippen molar-refractivity contribution < 1.29 is 4.79 Å². The quantitative estimate of drug-likeness (QED) is 0.850. The third-order valence-corrected chi connectivity index (χ3v) is 5.36. The zero-order valence-corrected chi connectivity index (χ0v) is 12.4. The van der Waals surface area contributed by atoms with Gasteiger partial charge in [0, 0.05) is 26.1 Å². The summed E-state index contributed by atoms with van der Waals surface area (Å²) >= 11 is 0. The first-order valence-electron chi connectivity index (χ1n) is 8.18. The van der Waals surface area contributed by atoms with Gasteiger partial charge in [-0.05, 0) is 37.5 Å². The smallest absolute Gasteiger partial charge is 0.223 e. The topological polar surface area (TPSA) is 46.3 Å². The first-order valence-corrected chi connectivity index (χ1v) is 8.18. The third-order valence-electron chi connectivity index (χ3n) is 5.36. The van der Waals surface area contributed by atoms with Crippen LogP contribution in [0.1, 0.15) is 64.2 Å². The highest BCUT2D eigenvalue weighted by atomic mass is 16.2. The molecule has 0 aromatic rings. The van der Waals surface area contributed by atoms with E-state index in [9.17, 15) is 4.79 Å². The van der Waals surface area contributed by atoms with Gasteiger partial charge in [-0.15, -0.1) is 0 Å². The highest BCUT2D eigenvalue weighted by Gasteiger charge is 2.30. The number of hydrogen-bond donors (Lipinski definition) is 1. The predicted molar refractivity (Wildman–Crippen MR) is 78.8 cm³/mol. The molecule has 1 amide bonds. The monoisotopic (exact) mass is 266 g/mol. The van der Waals surface area contributed by atoms with E-state index in [2.05, 4.69) is 0 Å². The molecule has 0 unspecified atom stereocenters. The molecule has 0 aromatic heterocycles. The maximum atomic E-state index is 11.9. The molecule has 0 saturated heterocycles. The van der Waals surface area contributed by atoms with Crippen LogP contribution in [0.3, 0.4) is 0 Å². The molecule has 3 nitrogen and oxygen atoms in total. The molecule has 110 valence electrons. The van der Waals surface area contributed by atoms with Gasteiger partial charge < -0.3 is 10.6 Å². The summed E-state index contributed by atoms with van der Waals surface area (Å²) in [7, 11) is 1.96. The van der Waals surface area contributed by atoms with Crippen molar-refractivity contribution in [3.8, 4) is 0 Å². The Balaban J connectivity index is 1.76. The van der Waals surface area contributed by atoms with Crippen LogP contribution < -0.4 is 5.73 Å². The second kappa shape index (κ2) is 7.28. The van der Waals surface area contributed by atoms with E-state index in [1.54, 1.807) is 0 Å². The largest absolute Gasteiger partial charge is 0.343 e. The van der Waals surface area contributed by atoms with Crippen LogP contribution in [-0.4, -0.2) is 30.4 Å². The van der Waals surface area contributed by atoms with E-state index >= 15 is 0 Å². The number of hydrogen-bond acceptors (Lipinski definition) is 2. The first kappa shape index (κ1) is 14.8. The number of carbonyl (C=O) groups excluding carboxylic acids is 1. The Hall–Kier alpha value is -0.570. The fourth-order valence-corrected chi connectivity index (χ4v) is 4.07. The molecule has 0 aliphatic heterocycles. The molecule has 2 rings (SSSR count). The Morgan fingerprint density at radius 2 is 1.58 bits per heavy atom. The maximum absolute atomic E-state index is 11.9. The minimum absolute atomic E-state index is 0.226. The van der Waals surface area contributed by atoms with Gasteiger partial charge in [-0.1, -0.05) is 32.1 Å². The molecule has 2 N–H and O–H groups in total. The molecule has 2 aliphatic carbocycles. The standard InChI is InChI=1S/C16H30N2O/c1-18(16(19)11-12-17)15-9-7-14(8-10-15)13-5-3-2-4-6-13/h13-15H,2-12,17H2,1H3. The Labute approximate surface area is 117 Å². The number of amides is 1. The molecule has 0 bridgehead atoms. The summed E-state index contributed by atoms with van der Waals surface area (Å²) in [4.78, 5) is 13.8. The van der Waals surface area contributed by atoms with Crippen molar-refractivity contribution in [1.29, 1.82) is 0 Å². The van der Waals surface area contributed by atoms with Gasteiger partial charge in [0.25, 0.3) is 0 Å². The number of carbonyl (C=O) groups is 1. The van der Waals surface area contributed by atoms with E-state index in [4.69, 9.17) is 5.73 Å². The molecule has 2 fully saturated rings. The van der Waals surface area contributed by atoms with Crippen LogP contribution in [0, 0.1) is 11.8 Å². The molecule has 0 atom stereocenters. The molecule has 0 heterocycles. The summed E-state index contributed by atoms with van der Waals surface area (Å²) in [6.45, 7) is 0.473. The molecule has 3 heteroatoms. The van der Waals surface area contributed by atoms with Crippen LogP contribution in [0.15, 0.2) is 0 Å². The second-order valence-electron chi connectivity index (χ2n) is 6.51. The van der Waals surface area contributed by atoms with E-state index < -0.39 is 0 Å². The van der Waals surface area contributed by atoms with E-state index in [1.807, 2.05) is 11.9 Å². The average molecular weight is 266 g/mol. The van der Waals surface area contributed by atoms with Crippen molar-refractivity contribution in [1.82, 2.24) is 4.90 Å². The van der Waals surface area contributed by atoms with Crippen molar-refractivity contribution in [3.05, 3.63) is 0 Å². The van der Waals surface area contributed by atoms with Crippen molar-refractivity contribution in [2.75, 3.05) is 13.6 Å². The summed E-state index contributed by atoms with van der Waals surface area (Å²) in [6.07, 6.45) is 12.8. The summed E-state index contributed by atoms with van der Waals surface area (Å²) < 4.78 is 0. The maximum Gasteiger partial charge on any atom is 0.223 e. The van der Waals surface area contributed by atoms with Crippen molar-refractivity contribution >= 4 is 5.91 Å². The molecule has 2 saturated carbocycles. The number of nitrogens with two attached hydrogens (primary N) is 1. The zero-order chi connectivity index (χ0) is 13.7. The van der Waals surface area contributed by atoms with Crippen LogP contribution in [0.4, 0.5) is 0 Å². The molecule has 19 heavy (non-hydrogen) atoms. The zero-order valence-electron chi connectivity index (χ0n) is 12.4. The fraction of sp³-hybridized carbons (Fsp3) is 0.938. The van der Waals surface area contributed by atoms with Crippen LogP contribution in [0.2, 0.25) is 0 Å². The minimum atomic E-state index is 0.226. The number of nitrogens with zero attached hydrogens (tertiary/aromatic N) is 1. The first-order chi connectivity index (χ1) is 9.22. The Morgan fingerprint density at radius 3 is 2.16 bits per heavy atom. The van der Waals surface area contributed by atoms with Gasteiger partial charge in [-0.25, -0.2) is 0 Å². The Morgan fingerprint density at radius 1 is 1.00 bits per heavy atom. The van der Waals surface area contributed by atoms with E-state index in [0.717, 1.165) is 11.8 Å². The van der Waals surface area contributed by atoms with E-state index in [1.165, 1.54) is 57.8 Å². The Bertz CT molecular complexity index is 278. The lowest BCUT2D eigenvalue weighted by Gasteiger charge is -2.39. The summed E-state index contributed by atoms with van der Waals surface area (Å²) in [5, 5.41) is 0. The normalized spacial score (nSPS) is 29.2. The van der Waals surface area contributed by atoms with Gasteiger partial charge in [0.1, 0.15) is 0 Å². The summed E-state index contributed by atoms with van der Waals surface area (Å²) in [5.41, 5.74) is 5.47. The molecule has 0 spiro atoms. The highest BCUT2D eigenvalue weighted by Crippen LogP contribution is 2.39. The average Bonchev–Trinajstić information content (AvgIpc) is 2.48. The SMILES string of the molecule is CN(C(=O)CCN)C1CCC(C2CCCCC2)CC1. The van der Waals surface area contributed by atoms with E-state index in [-0.39, 0.29) is 5.91 Å². The summed E-state index contributed by atoms with van der Waals surface area (Å²) in [6, 6.07) is 0.471. The van der Waals surface area contributed by atoms with Gasteiger partial charge in [-0.3, -0.25) is 4.79 Å². The lowest BCUT2D eigenvalue weighted by molar-refractivity contribution is -0.132. The Kier molecular flexibility index (Phi) is 5.68. The predicted octanol–water partition coefficient (Wildman–Crippen LogP) is 2.93. The van der Waals surface area contributed by atoms with Crippen LogP contribution in [0.25, 0.3) is 0 Å². The van der Waals surface area contributed by atoms with Crippen molar-refractivity contribution in [3.63, 3.8) is 0 Å². The summed E-state index contributed by atoms with van der Waals surface area (Å²) in [5.74, 6) is 2.15. The van der Waals surface area contributed by atoms with Crippen molar-refractivity contribution in [2.45, 2.75) is 70.3 Å². The van der Waals surface area contributed by atoms with Gasteiger partial charge in [0.2, 0.25) is 5.91 Å².